The molecule has 2 rings (SSSR count). The second-order valence-electron chi connectivity index (χ2n) is 2.77. The Morgan fingerprint density at radius 3 is 2.60 bits per heavy atom. The molecule has 0 bridgehead atoms. The number of hydrogen-bond donors (Lipinski definition) is 0. The summed E-state index contributed by atoms with van der Waals surface area (Å²) in [6.07, 6.45) is 2.86. The Hall–Kier alpha value is -1.99. The molecule has 0 saturated heterocycles. The van der Waals surface area contributed by atoms with Crippen LogP contribution in [0.4, 0.5) is 0 Å². The van der Waals surface area contributed by atoms with E-state index in [9.17, 15) is 0 Å². The summed E-state index contributed by atoms with van der Waals surface area (Å²) in [5.74, 6) is 0. The van der Waals surface area contributed by atoms with Crippen molar-refractivity contribution in [1.29, 1.82) is 5.26 Å². The van der Waals surface area contributed by atoms with Crippen LogP contribution in [0.15, 0.2) is 30.7 Å². The van der Waals surface area contributed by atoms with Crippen LogP contribution in [-0.2, 0) is 0 Å². The van der Waals surface area contributed by atoms with Crippen molar-refractivity contribution in [2.75, 3.05) is 0 Å². The van der Waals surface area contributed by atoms with Gasteiger partial charge in [-0.05, 0) is 12.1 Å². The average Bonchev–Trinajstić information content (AvgIpc) is 2.29. The molecule has 5 heteroatoms. The molecule has 0 aliphatic carbocycles. The topological polar surface area (TPSA) is 62.5 Å². The molecule has 2 aromatic rings. The summed E-state index contributed by atoms with van der Waals surface area (Å²) in [5.41, 5.74) is 1.82. The van der Waals surface area contributed by atoms with Crippen molar-refractivity contribution in [2.45, 2.75) is 0 Å². The van der Waals surface area contributed by atoms with Crippen molar-refractivity contribution in [3.8, 4) is 17.5 Å². The quantitative estimate of drug-likeness (QED) is 0.685. The van der Waals surface area contributed by atoms with Gasteiger partial charge in [0, 0.05) is 12.3 Å². The minimum absolute atomic E-state index is 0.367. The van der Waals surface area contributed by atoms with Crippen LogP contribution >= 0.6 is 11.6 Å². The fourth-order valence-corrected chi connectivity index (χ4v) is 1.23. The van der Waals surface area contributed by atoms with E-state index in [0.717, 1.165) is 0 Å². The number of rotatable bonds is 1. The Kier molecular flexibility index (Phi) is 2.57. The highest BCUT2D eigenvalue weighted by molar-refractivity contribution is 6.29. The van der Waals surface area contributed by atoms with Gasteiger partial charge in [-0.3, -0.25) is 4.98 Å². The molecule has 4 nitrogen and oxygen atoms in total. The van der Waals surface area contributed by atoms with Crippen molar-refractivity contribution >= 4 is 11.6 Å². The molecule has 0 amide bonds. The van der Waals surface area contributed by atoms with E-state index in [2.05, 4.69) is 15.0 Å². The predicted octanol–water partition coefficient (Wildman–Crippen LogP) is 2.06. The second-order valence-corrected chi connectivity index (χ2v) is 3.16. The average molecular weight is 217 g/mol. The minimum atomic E-state index is 0.367. The summed E-state index contributed by atoms with van der Waals surface area (Å²) < 4.78 is 0. The highest BCUT2D eigenvalue weighted by atomic mass is 35.5. The van der Waals surface area contributed by atoms with Crippen LogP contribution < -0.4 is 0 Å². The third-order valence-electron chi connectivity index (χ3n) is 1.79. The Morgan fingerprint density at radius 2 is 2.00 bits per heavy atom. The SMILES string of the molecule is N#Cc1ccc(-c2cc(Cl)ncn2)nc1. The first kappa shape index (κ1) is 9.56. The van der Waals surface area contributed by atoms with Crippen molar-refractivity contribution in [3.05, 3.63) is 41.4 Å². The maximum Gasteiger partial charge on any atom is 0.133 e. The molecular formula is C10H5ClN4. The van der Waals surface area contributed by atoms with E-state index in [1.807, 2.05) is 6.07 Å². The number of hydrogen-bond acceptors (Lipinski definition) is 4. The van der Waals surface area contributed by atoms with Gasteiger partial charge in [0.15, 0.2) is 0 Å². The van der Waals surface area contributed by atoms with Gasteiger partial charge in [0.25, 0.3) is 0 Å². The summed E-state index contributed by atoms with van der Waals surface area (Å²) in [4.78, 5) is 11.9. The Bertz CT molecular complexity index is 516. The molecule has 2 aromatic heterocycles. The van der Waals surface area contributed by atoms with Crippen LogP contribution in [0.3, 0.4) is 0 Å². The zero-order valence-corrected chi connectivity index (χ0v) is 8.31. The monoisotopic (exact) mass is 216 g/mol. The second kappa shape index (κ2) is 4.03. The number of halogens is 1. The molecule has 0 N–H and O–H groups in total. The van der Waals surface area contributed by atoms with Crippen LogP contribution in [0.2, 0.25) is 5.15 Å². The van der Waals surface area contributed by atoms with E-state index in [0.29, 0.717) is 22.1 Å². The van der Waals surface area contributed by atoms with Gasteiger partial charge in [-0.15, -0.1) is 0 Å². The van der Waals surface area contributed by atoms with Gasteiger partial charge in [-0.25, -0.2) is 9.97 Å². The minimum Gasteiger partial charge on any atom is -0.253 e. The molecule has 0 fully saturated rings. The highest BCUT2D eigenvalue weighted by Crippen LogP contribution is 2.16. The first-order valence-corrected chi connectivity index (χ1v) is 4.51. The van der Waals surface area contributed by atoms with Crippen LogP contribution in [0, 0.1) is 11.3 Å². The van der Waals surface area contributed by atoms with E-state index >= 15 is 0 Å². The lowest BCUT2D eigenvalue weighted by Gasteiger charge is -1.98. The lowest BCUT2D eigenvalue weighted by atomic mass is 10.2. The number of aromatic nitrogens is 3. The van der Waals surface area contributed by atoms with Crippen LogP contribution in [-0.4, -0.2) is 15.0 Å². The van der Waals surface area contributed by atoms with Crippen LogP contribution in [0.25, 0.3) is 11.4 Å². The molecule has 0 aliphatic heterocycles. The fourth-order valence-electron chi connectivity index (χ4n) is 1.09. The molecule has 0 radical (unpaired) electrons. The molecular weight excluding hydrogens is 212 g/mol. The molecule has 0 aromatic carbocycles. The molecule has 0 unspecified atom stereocenters. The first-order chi connectivity index (χ1) is 7.29. The van der Waals surface area contributed by atoms with E-state index in [4.69, 9.17) is 16.9 Å². The van der Waals surface area contributed by atoms with Gasteiger partial charge in [0.05, 0.1) is 17.0 Å². The van der Waals surface area contributed by atoms with Gasteiger partial charge in [-0.2, -0.15) is 5.26 Å². The third kappa shape index (κ3) is 2.09. The first-order valence-electron chi connectivity index (χ1n) is 4.13. The third-order valence-corrected chi connectivity index (χ3v) is 2.00. The van der Waals surface area contributed by atoms with Crippen molar-refractivity contribution < 1.29 is 0 Å². The van der Waals surface area contributed by atoms with Crippen molar-refractivity contribution in [1.82, 2.24) is 15.0 Å². The number of pyridine rings is 1. The molecule has 2 heterocycles. The summed E-state index contributed by atoms with van der Waals surface area (Å²) in [7, 11) is 0. The van der Waals surface area contributed by atoms with E-state index < -0.39 is 0 Å². The maximum atomic E-state index is 8.61. The zero-order valence-electron chi connectivity index (χ0n) is 7.55. The summed E-state index contributed by atoms with van der Waals surface area (Å²) in [6, 6.07) is 7.02. The van der Waals surface area contributed by atoms with Crippen LogP contribution in [0.5, 0.6) is 0 Å². The van der Waals surface area contributed by atoms with Gasteiger partial charge < -0.3 is 0 Å². The smallest absolute Gasteiger partial charge is 0.133 e. The van der Waals surface area contributed by atoms with E-state index in [1.54, 1.807) is 18.2 Å². The van der Waals surface area contributed by atoms with E-state index in [1.165, 1.54) is 12.5 Å². The standard InChI is InChI=1S/C10H5ClN4/c11-10-3-9(14-6-15-10)8-2-1-7(4-12)5-13-8/h1-3,5-6H. The van der Waals surface area contributed by atoms with Gasteiger partial charge in [0.1, 0.15) is 17.5 Å². The summed E-state index contributed by atoms with van der Waals surface area (Å²) in [6.45, 7) is 0. The molecule has 72 valence electrons. The predicted molar refractivity (Wildman–Crippen MR) is 55.0 cm³/mol. The Labute approximate surface area is 91.2 Å². The van der Waals surface area contributed by atoms with Gasteiger partial charge >= 0.3 is 0 Å². The molecule has 0 saturated carbocycles. The van der Waals surface area contributed by atoms with Crippen LogP contribution in [0.1, 0.15) is 5.56 Å². The van der Waals surface area contributed by atoms with Gasteiger partial charge in [0.2, 0.25) is 0 Å². The highest BCUT2D eigenvalue weighted by Gasteiger charge is 2.01. The number of nitrogens with zero attached hydrogens (tertiary/aromatic N) is 4. The van der Waals surface area contributed by atoms with Crippen molar-refractivity contribution in [2.24, 2.45) is 0 Å². The molecule has 0 aliphatic rings. The lowest BCUT2D eigenvalue weighted by molar-refractivity contribution is 1.15. The number of nitriles is 1. The summed E-state index contributed by atoms with van der Waals surface area (Å²) in [5, 5.41) is 8.97. The Morgan fingerprint density at radius 1 is 1.13 bits per heavy atom. The largest absolute Gasteiger partial charge is 0.253 e. The normalized spacial score (nSPS) is 9.60. The molecule has 15 heavy (non-hydrogen) atoms. The fraction of sp³-hybridized carbons (Fsp3) is 0. The lowest BCUT2D eigenvalue weighted by Crippen LogP contribution is -1.89. The Balaban J connectivity index is 2.42. The maximum absolute atomic E-state index is 8.61. The molecule has 0 atom stereocenters. The summed E-state index contributed by atoms with van der Waals surface area (Å²) >= 11 is 5.72. The van der Waals surface area contributed by atoms with Crippen molar-refractivity contribution in [3.63, 3.8) is 0 Å². The molecule has 0 spiro atoms. The van der Waals surface area contributed by atoms with Gasteiger partial charge in [-0.1, -0.05) is 11.6 Å². The zero-order chi connectivity index (χ0) is 10.7. The van der Waals surface area contributed by atoms with E-state index in [-0.39, 0.29) is 0 Å².